The predicted molar refractivity (Wildman–Crippen MR) is 132 cm³/mol. The van der Waals surface area contributed by atoms with Crippen LogP contribution < -0.4 is 10.6 Å². The van der Waals surface area contributed by atoms with Gasteiger partial charge in [0, 0.05) is 29.4 Å². The largest absolute Gasteiger partial charge is 0.481 e. The minimum Gasteiger partial charge on any atom is -0.481 e. The summed E-state index contributed by atoms with van der Waals surface area (Å²) < 4.78 is 5.76. The molecule has 9 nitrogen and oxygen atoms in total. The molecule has 0 spiro atoms. The van der Waals surface area contributed by atoms with E-state index in [1.807, 2.05) is 42.5 Å². The van der Waals surface area contributed by atoms with Gasteiger partial charge in [0.25, 0.3) is 5.91 Å². The molecular weight excluding hydrogens is 470 g/mol. The van der Waals surface area contributed by atoms with E-state index < -0.39 is 17.9 Å². The summed E-state index contributed by atoms with van der Waals surface area (Å²) in [5.74, 6) is -1.36. The number of nitrogens with one attached hydrogen (secondary N) is 2. The molecule has 0 bridgehead atoms. The van der Waals surface area contributed by atoms with Gasteiger partial charge in [-0.25, -0.2) is 4.99 Å². The highest BCUT2D eigenvalue weighted by molar-refractivity contribution is 6.31. The first-order chi connectivity index (χ1) is 16.9. The number of nitrogens with zero attached hydrogens (tertiary/aromatic N) is 3. The van der Waals surface area contributed by atoms with Crippen LogP contribution >= 0.6 is 11.6 Å². The Labute approximate surface area is 206 Å². The number of aromatic nitrogens is 1. The Morgan fingerprint density at radius 1 is 1.20 bits per heavy atom. The van der Waals surface area contributed by atoms with Crippen molar-refractivity contribution in [2.45, 2.75) is 25.8 Å². The second-order valence-electron chi connectivity index (χ2n) is 8.61. The van der Waals surface area contributed by atoms with E-state index in [1.54, 1.807) is 17.9 Å². The van der Waals surface area contributed by atoms with Gasteiger partial charge >= 0.3 is 12.0 Å². The van der Waals surface area contributed by atoms with E-state index in [9.17, 15) is 14.7 Å². The van der Waals surface area contributed by atoms with Gasteiger partial charge in [-0.15, -0.1) is 0 Å². The molecule has 2 aliphatic rings. The third-order valence-corrected chi connectivity index (χ3v) is 6.59. The number of carbonyl (C=O) groups is 2. The molecule has 1 saturated heterocycles. The number of carbonyl (C=O) groups excluding carboxylic acids is 1. The highest BCUT2D eigenvalue weighted by Crippen LogP contribution is 2.36. The van der Waals surface area contributed by atoms with E-state index in [0.717, 1.165) is 0 Å². The fourth-order valence-corrected chi connectivity index (χ4v) is 4.74. The molecular formula is C25H24ClN5O4. The highest BCUT2D eigenvalue weighted by Gasteiger charge is 2.36. The fraction of sp³-hybridized carbons (Fsp3) is 0.280. The standard InChI is InChI=1S/C25H24ClN5O4/c1-14-20(22(32)31-12-6-7-15(13-31)23(33)34)21(16-8-2-3-9-17(16)26)29-24(27-14)30-25-28-18-10-4-5-11-19(18)35-25/h2-5,8-11,15,21H,6-7,12-13H2,1H3,(H,33,34)(H2,27,28,29,30). The number of rotatable bonds is 4. The molecule has 1 aromatic heterocycles. The van der Waals surface area contributed by atoms with Crippen molar-refractivity contribution in [2.24, 2.45) is 10.9 Å². The normalized spacial score (nSPS) is 20.4. The number of para-hydroxylation sites is 2. The quantitative estimate of drug-likeness (QED) is 0.498. The second kappa shape index (κ2) is 9.42. The van der Waals surface area contributed by atoms with Crippen LogP contribution in [-0.4, -0.2) is 45.9 Å². The molecule has 2 aliphatic heterocycles. The van der Waals surface area contributed by atoms with Crippen molar-refractivity contribution in [2.75, 3.05) is 18.4 Å². The first kappa shape index (κ1) is 22.9. The Bertz CT molecular complexity index is 1330. The van der Waals surface area contributed by atoms with Crippen LogP contribution in [0.15, 0.2) is 69.2 Å². The maximum absolute atomic E-state index is 13.7. The minimum absolute atomic E-state index is 0.165. The summed E-state index contributed by atoms with van der Waals surface area (Å²) in [6, 6.07) is 14.2. The van der Waals surface area contributed by atoms with E-state index in [2.05, 4.69) is 15.6 Å². The van der Waals surface area contributed by atoms with Crippen molar-refractivity contribution in [3.05, 3.63) is 70.4 Å². The molecule has 35 heavy (non-hydrogen) atoms. The Morgan fingerprint density at radius 2 is 1.97 bits per heavy atom. The zero-order valence-corrected chi connectivity index (χ0v) is 19.7. The topological polar surface area (TPSA) is 120 Å². The zero-order chi connectivity index (χ0) is 24.5. The number of hydrogen-bond donors (Lipinski definition) is 3. The molecule has 3 aromatic rings. The van der Waals surface area contributed by atoms with Crippen molar-refractivity contribution in [3.63, 3.8) is 0 Å². The lowest BCUT2D eigenvalue weighted by Gasteiger charge is -2.34. The Balaban J connectivity index is 1.48. The summed E-state index contributed by atoms with van der Waals surface area (Å²) in [6.07, 6.45) is 1.19. The van der Waals surface area contributed by atoms with E-state index in [-0.39, 0.29) is 18.5 Å². The van der Waals surface area contributed by atoms with Crippen LogP contribution in [0.3, 0.4) is 0 Å². The Kier molecular flexibility index (Phi) is 6.17. The van der Waals surface area contributed by atoms with Gasteiger partial charge < -0.3 is 19.7 Å². The van der Waals surface area contributed by atoms with Crippen molar-refractivity contribution in [3.8, 4) is 0 Å². The number of likely N-dealkylation sites (tertiary alicyclic amines) is 1. The summed E-state index contributed by atoms with van der Waals surface area (Å²) in [5, 5.41) is 16.2. The monoisotopic (exact) mass is 493 g/mol. The molecule has 2 aromatic carbocycles. The lowest BCUT2D eigenvalue weighted by molar-refractivity contribution is -0.145. The van der Waals surface area contributed by atoms with E-state index in [4.69, 9.17) is 21.0 Å². The van der Waals surface area contributed by atoms with Gasteiger partial charge in [-0.3, -0.25) is 14.9 Å². The van der Waals surface area contributed by atoms with Gasteiger partial charge in [0.05, 0.1) is 11.5 Å². The van der Waals surface area contributed by atoms with Crippen LogP contribution in [0, 0.1) is 5.92 Å². The first-order valence-corrected chi connectivity index (χ1v) is 11.7. The summed E-state index contributed by atoms with van der Waals surface area (Å²) in [7, 11) is 0. The molecule has 3 N–H and O–H groups in total. The van der Waals surface area contributed by atoms with Gasteiger partial charge in [-0.1, -0.05) is 41.9 Å². The number of aliphatic imine (C=N–C) groups is 1. The van der Waals surface area contributed by atoms with Crippen LogP contribution in [0.5, 0.6) is 0 Å². The smallest absolute Gasteiger partial charge is 0.308 e. The molecule has 3 heterocycles. The molecule has 0 radical (unpaired) electrons. The maximum atomic E-state index is 13.7. The van der Waals surface area contributed by atoms with Gasteiger partial charge in [-0.2, -0.15) is 4.98 Å². The first-order valence-electron chi connectivity index (χ1n) is 11.4. The van der Waals surface area contributed by atoms with Crippen molar-refractivity contribution >= 4 is 46.6 Å². The highest BCUT2D eigenvalue weighted by atomic mass is 35.5. The average molecular weight is 494 g/mol. The maximum Gasteiger partial charge on any atom is 0.308 e. The van der Waals surface area contributed by atoms with E-state index in [0.29, 0.717) is 58.3 Å². The SMILES string of the molecule is CC1=C(C(=O)N2CCCC(C(=O)O)C2)C(c2ccccc2Cl)N=C(Nc2nc3ccccc3o2)N1. The number of hydrogen-bond acceptors (Lipinski definition) is 7. The lowest BCUT2D eigenvalue weighted by Crippen LogP contribution is -2.45. The minimum atomic E-state index is -0.888. The number of guanidine groups is 1. The van der Waals surface area contributed by atoms with Crippen LogP contribution in [0.25, 0.3) is 11.1 Å². The number of aliphatic carboxylic acids is 1. The van der Waals surface area contributed by atoms with Crippen molar-refractivity contribution in [1.82, 2.24) is 15.2 Å². The Hall–Kier alpha value is -3.85. The van der Waals surface area contributed by atoms with Gasteiger partial charge in [0.1, 0.15) is 11.6 Å². The van der Waals surface area contributed by atoms with Crippen molar-refractivity contribution in [1.29, 1.82) is 0 Å². The molecule has 1 amide bonds. The van der Waals surface area contributed by atoms with Crippen LogP contribution in [0.4, 0.5) is 6.01 Å². The molecule has 2 atom stereocenters. The molecule has 0 saturated carbocycles. The number of halogens is 1. The van der Waals surface area contributed by atoms with E-state index in [1.165, 1.54) is 0 Å². The predicted octanol–water partition coefficient (Wildman–Crippen LogP) is 4.19. The molecule has 10 heteroatoms. The number of allylic oxidation sites excluding steroid dienone is 1. The summed E-state index contributed by atoms with van der Waals surface area (Å²) in [4.78, 5) is 36.0. The van der Waals surface area contributed by atoms with E-state index >= 15 is 0 Å². The summed E-state index contributed by atoms with van der Waals surface area (Å²) >= 11 is 6.52. The second-order valence-corrected chi connectivity index (χ2v) is 9.01. The van der Waals surface area contributed by atoms with Gasteiger partial charge in [-0.05, 0) is 38.0 Å². The molecule has 1 fully saturated rings. The molecule has 0 aliphatic carbocycles. The van der Waals surface area contributed by atoms with Gasteiger partial charge in [0.15, 0.2) is 5.58 Å². The number of carboxylic acid groups (broad SMARTS) is 1. The number of oxazole rings is 1. The number of benzene rings is 2. The van der Waals surface area contributed by atoms with Crippen LogP contribution in [-0.2, 0) is 9.59 Å². The number of anilines is 1. The third kappa shape index (κ3) is 4.59. The van der Waals surface area contributed by atoms with Crippen LogP contribution in [0.2, 0.25) is 5.02 Å². The van der Waals surface area contributed by atoms with Crippen molar-refractivity contribution < 1.29 is 19.1 Å². The van der Waals surface area contributed by atoms with Crippen LogP contribution in [0.1, 0.15) is 31.4 Å². The number of carboxylic acids is 1. The molecule has 5 rings (SSSR count). The Morgan fingerprint density at radius 3 is 2.74 bits per heavy atom. The molecule has 2 unspecified atom stereocenters. The number of piperidine rings is 1. The number of fused-ring (bicyclic) bond motifs is 1. The average Bonchev–Trinajstić information content (AvgIpc) is 3.26. The number of amides is 1. The molecule has 180 valence electrons. The lowest BCUT2D eigenvalue weighted by atomic mass is 9.92. The zero-order valence-electron chi connectivity index (χ0n) is 19.0. The fourth-order valence-electron chi connectivity index (χ4n) is 4.50. The third-order valence-electron chi connectivity index (χ3n) is 6.25. The summed E-state index contributed by atoms with van der Waals surface area (Å²) in [6.45, 7) is 2.45. The van der Waals surface area contributed by atoms with Gasteiger partial charge in [0.2, 0.25) is 5.96 Å². The summed E-state index contributed by atoms with van der Waals surface area (Å²) in [5.41, 5.74) is 3.02.